The third-order valence-electron chi connectivity index (χ3n) is 8.03. The molecule has 2 fully saturated rings. The van der Waals surface area contributed by atoms with Crippen molar-refractivity contribution < 1.29 is 28.2 Å². The molecule has 238 valence electrons. The quantitative estimate of drug-likeness (QED) is 0.363. The second kappa shape index (κ2) is 14.0. The molecular weight excluding hydrogens is 586 g/mol. The van der Waals surface area contributed by atoms with Gasteiger partial charge in [0.2, 0.25) is 5.88 Å². The number of anilines is 3. The maximum atomic E-state index is 12.7. The first kappa shape index (κ1) is 31.8. The number of pyridine rings is 1. The summed E-state index contributed by atoms with van der Waals surface area (Å²) in [5.74, 6) is 0.962. The molecule has 4 heterocycles. The van der Waals surface area contributed by atoms with Crippen molar-refractivity contribution in [3.05, 3.63) is 48.3 Å². The lowest BCUT2D eigenvalue weighted by molar-refractivity contribution is -0.150. The number of likely N-dealkylation sites (N-methyl/N-ethyl adjacent to an activating group) is 1. The normalized spacial score (nSPS) is 18.4. The van der Waals surface area contributed by atoms with Crippen LogP contribution in [0.1, 0.15) is 25.3 Å². The van der Waals surface area contributed by atoms with Gasteiger partial charge in [0, 0.05) is 63.2 Å². The number of carbonyl (C=O) groups excluding carboxylic acids is 1. The average Bonchev–Trinajstić information content (AvgIpc) is 3.05. The van der Waals surface area contributed by atoms with Gasteiger partial charge in [-0.3, -0.25) is 4.79 Å². The van der Waals surface area contributed by atoms with E-state index in [1.54, 1.807) is 31.4 Å². The third kappa shape index (κ3) is 7.38. The number of benzene rings is 1. The Kier molecular flexibility index (Phi) is 9.90. The molecule has 0 unspecified atom stereocenters. The number of nitrogens with zero attached hydrogens (tertiary/aromatic N) is 7. The van der Waals surface area contributed by atoms with Crippen LogP contribution in [0.2, 0.25) is 0 Å². The van der Waals surface area contributed by atoms with Crippen molar-refractivity contribution in [1.82, 2.24) is 24.8 Å². The van der Waals surface area contributed by atoms with Gasteiger partial charge < -0.3 is 34.6 Å². The van der Waals surface area contributed by atoms with E-state index in [1.165, 1.54) is 11.2 Å². The van der Waals surface area contributed by atoms with Gasteiger partial charge in [-0.2, -0.15) is 10.2 Å². The minimum atomic E-state index is -3.13. The number of hydrogen-bond acceptors (Lipinski definition) is 11. The number of nitrogens with one attached hydrogen (secondary N) is 1. The van der Waals surface area contributed by atoms with E-state index in [0.29, 0.717) is 59.0 Å². The molecule has 12 nitrogen and oxygen atoms in total. The lowest BCUT2D eigenvalue weighted by Crippen LogP contribution is -2.50. The summed E-state index contributed by atoms with van der Waals surface area (Å²) in [7, 11) is 3.72. The van der Waals surface area contributed by atoms with Gasteiger partial charge in [-0.05, 0) is 44.3 Å². The zero-order valence-electron chi connectivity index (χ0n) is 25.4. The summed E-state index contributed by atoms with van der Waals surface area (Å²) in [6.07, 6.45) is -3.60. The molecule has 5 rings (SSSR count). The minimum Gasteiger partial charge on any atom is -0.489 e. The second-order valence-electron chi connectivity index (χ2n) is 11.2. The van der Waals surface area contributed by atoms with Crippen molar-refractivity contribution in [2.45, 2.75) is 44.4 Å². The van der Waals surface area contributed by atoms with Crippen molar-refractivity contribution in [3.63, 3.8) is 0 Å². The zero-order valence-corrected chi connectivity index (χ0v) is 25.4. The zero-order chi connectivity index (χ0) is 32.1. The van der Waals surface area contributed by atoms with E-state index in [9.17, 15) is 23.9 Å². The first-order valence-electron chi connectivity index (χ1n) is 14.7. The maximum Gasteiger partial charge on any atom is 0.273 e. The predicted molar refractivity (Wildman–Crippen MR) is 163 cm³/mol. The molecule has 0 aliphatic carbocycles. The molecular formula is C31H36F2N8O4. The van der Waals surface area contributed by atoms with Crippen LogP contribution in [0.5, 0.6) is 11.6 Å². The van der Waals surface area contributed by atoms with Crippen LogP contribution in [-0.4, -0.2) is 107 Å². The second-order valence-corrected chi connectivity index (χ2v) is 11.2. The number of hydrogen-bond donors (Lipinski definition) is 2. The molecule has 2 aromatic heterocycles. The van der Waals surface area contributed by atoms with E-state index >= 15 is 0 Å². The number of ether oxygens (including phenoxy) is 2. The number of alkyl halides is 2. The number of nitriles is 1. The highest BCUT2D eigenvalue weighted by molar-refractivity contribution is 5.81. The van der Waals surface area contributed by atoms with Crippen LogP contribution in [0.3, 0.4) is 0 Å². The largest absolute Gasteiger partial charge is 0.489 e. The summed E-state index contributed by atoms with van der Waals surface area (Å²) in [6.45, 7) is 5.30. The van der Waals surface area contributed by atoms with E-state index < -0.39 is 18.4 Å². The number of likely N-dealkylation sites (tertiary alicyclic amines) is 1. The number of carbonyl (C=O) groups is 1. The molecule has 0 radical (unpaired) electrons. The summed E-state index contributed by atoms with van der Waals surface area (Å²) < 4.78 is 37.1. The van der Waals surface area contributed by atoms with Gasteiger partial charge in [0.15, 0.2) is 6.10 Å². The van der Waals surface area contributed by atoms with Gasteiger partial charge in [-0.15, -0.1) is 0 Å². The Bertz CT molecular complexity index is 1550. The lowest BCUT2D eigenvalue weighted by Gasteiger charge is -2.40. The number of piperazine rings is 1. The topological polar surface area (TPSA) is 140 Å². The molecule has 2 aliphatic heterocycles. The monoisotopic (exact) mass is 622 g/mol. The van der Waals surface area contributed by atoms with Gasteiger partial charge in [0.05, 0.1) is 18.4 Å². The lowest BCUT2D eigenvalue weighted by atomic mass is 10.1. The molecule has 0 spiro atoms. The van der Waals surface area contributed by atoms with E-state index in [0.717, 1.165) is 25.3 Å². The van der Waals surface area contributed by atoms with E-state index in [4.69, 9.17) is 9.47 Å². The Labute approximate surface area is 260 Å². The van der Waals surface area contributed by atoms with Gasteiger partial charge in [0.25, 0.3) is 12.3 Å². The van der Waals surface area contributed by atoms with Crippen molar-refractivity contribution in [2.24, 2.45) is 0 Å². The molecule has 2 atom stereocenters. The molecule has 2 saturated heterocycles. The first-order chi connectivity index (χ1) is 21.7. The molecule has 3 aromatic rings. The van der Waals surface area contributed by atoms with Gasteiger partial charge in [0.1, 0.15) is 41.6 Å². The van der Waals surface area contributed by atoms with Crippen LogP contribution < -0.4 is 19.7 Å². The summed E-state index contributed by atoms with van der Waals surface area (Å²) in [6, 6.07) is 13.2. The summed E-state index contributed by atoms with van der Waals surface area (Å²) in [4.78, 5) is 31.2. The molecule has 2 N–H and O–H groups in total. The SMILES string of the molecule is COc1nc(Nc2cc(-c3ccc(OC4CCN(C(=O)[C@H](O)C(F)F)CC4)c(C#N)c3)ncn2)ccc1N1CCN(C)C[C@H]1C. The van der Waals surface area contributed by atoms with Crippen LogP contribution in [-0.2, 0) is 4.79 Å². The fourth-order valence-corrected chi connectivity index (χ4v) is 5.63. The number of rotatable bonds is 9. The number of halogens is 2. The highest BCUT2D eigenvalue weighted by atomic mass is 19.3. The van der Waals surface area contributed by atoms with Crippen LogP contribution in [0.15, 0.2) is 42.7 Å². The third-order valence-corrected chi connectivity index (χ3v) is 8.03. The summed E-state index contributed by atoms with van der Waals surface area (Å²) in [5, 5.41) is 22.4. The van der Waals surface area contributed by atoms with Gasteiger partial charge in [-0.1, -0.05) is 0 Å². The van der Waals surface area contributed by atoms with E-state index in [-0.39, 0.29) is 19.2 Å². The Hall–Kier alpha value is -4.61. The highest BCUT2D eigenvalue weighted by Crippen LogP contribution is 2.32. The summed E-state index contributed by atoms with van der Waals surface area (Å²) in [5.41, 5.74) is 2.49. The number of aliphatic hydroxyl groups excluding tert-OH is 1. The Morgan fingerprint density at radius 1 is 1.11 bits per heavy atom. The van der Waals surface area contributed by atoms with Crippen LogP contribution in [0.25, 0.3) is 11.3 Å². The standard InChI is InChI=1S/C31H36F2N8O4/c1-19-17-39(2)12-13-41(19)24-5-7-26(38-30(24)44-3)37-27-15-23(35-18-36-27)20-4-6-25(21(14-20)16-34)45-22-8-10-40(11-9-22)31(43)28(42)29(32)33/h4-7,14-15,18-19,22,28-29,42H,8-13,17H2,1-3H3,(H,35,36,37,38)/t19-,28-/m1/s1. The molecule has 1 amide bonds. The number of methoxy groups -OCH3 is 1. The van der Waals surface area contributed by atoms with Gasteiger partial charge >= 0.3 is 0 Å². The predicted octanol–water partition coefficient (Wildman–Crippen LogP) is 3.30. The fraction of sp³-hybridized carbons (Fsp3) is 0.452. The van der Waals surface area contributed by atoms with Crippen LogP contribution in [0, 0.1) is 11.3 Å². The van der Waals surface area contributed by atoms with E-state index in [1.807, 2.05) is 12.1 Å². The molecule has 14 heteroatoms. The van der Waals surface area contributed by atoms with E-state index in [2.05, 4.69) is 50.1 Å². The van der Waals surface area contributed by atoms with Crippen molar-refractivity contribution >= 4 is 23.2 Å². The number of aliphatic hydroxyl groups is 1. The Morgan fingerprint density at radius 3 is 2.58 bits per heavy atom. The van der Waals surface area contributed by atoms with Crippen molar-refractivity contribution in [1.29, 1.82) is 5.26 Å². The van der Waals surface area contributed by atoms with Gasteiger partial charge in [-0.25, -0.2) is 18.7 Å². The average molecular weight is 623 g/mol. The Morgan fingerprint density at radius 2 is 1.89 bits per heavy atom. The highest BCUT2D eigenvalue weighted by Gasteiger charge is 2.33. The Balaban J connectivity index is 1.25. The molecule has 0 bridgehead atoms. The smallest absolute Gasteiger partial charge is 0.273 e. The minimum absolute atomic E-state index is 0.169. The summed E-state index contributed by atoms with van der Waals surface area (Å²) >= 11 is 0. The molecule has 0 saturated carbocycles. The number of aromatic nitrogens is 3. The van der Waals surface area contributed by atoms with Crippen molar-refractivity contribution in [3.8, 4) is 29.0 Å². The van der Waals surface area contributed by atoms with Crippen LogP contribution >= 0.6 is 0 Å². The fourth-order valence-electron chi connectivity index (χ4n) is 5.63. The number of amides is 1. The maximum absolute atomic E-state index is 12.7. The first-order valence-corrected chi connectivity index (χ1v) is 14.7. The molecule has 45 heavy (non-hydrogen) atoms. The van der Waals surface area contributed by atoms with Crippen molar-refractivity contribution in [2.75, 3.05) is 57.1 Å². The van der Waals surface area contributed by atoms with Crippen LogP contribution in [0.4, 0.5) is 26.1 Å². The molecule has 2 aliphatic rings. The number of piperidine rings is 1. The molecule has 1 aromatic carbocycles.